The van der Waals surface area contributed by atoms with Gasteiger partial charge in [0, 0.05) is 53.4 Å². The van der Waals surface area contributed by atoms with Crippen LogP contribution in [0.15, 0.2) is 128 Å². The number of benzene rings is 4. The number of nitrogens with zero attached hydrogens (tertiary/aromatic N) is 6. The first kappa shape index (κ1) is 42.2. The van der Waals surface area contributed by atoms with E-state index < -0.39 is 0 Å². The van der Waals surface area contributed by atoms with Crippen molar-refractivity contribution in [2.24, 2.45) is 0 Å². The van der Waals surface area contributed by atoms with Gasteiger partial charge in [-0.05, 0) is 105 Å². The van der Waals surface area contributed by atoms with Crippen LogP contribution in [-0.2, 0) is 13.2 Å². The molecule has 11 nitrogen and oxygen atoms in total. The van der Waals surface area contributed by atoms with Gasteiger partial charge < -0.3 is 26.3 Å². The smallest absolute Gasteiger partial charge is 0.130 e. The minimum Gasteiger partial charge on any atom is -0.487 e. The number of hydrogen-bond acceptors (Lipinski definition) is 11. The Hall–Kier alpha value is -7.44. The van der Waals surface area contributed by atoms with Gasteiger partial charge in [-0.2, -0.15) is 10.5 Å². The Balaban J connectivity index is 0.000000169. The van der Waals surface area contributed by atoms with Crippen molar-refractivity contribution in [2.45, 2.75) is 34.0 Å². The number of nitrogens with two attached hydrogens (primary N) is 2. The molecule has 8 aromatic rings. The lowest BCUT2D eigenvalue weighted by molar-refractivity contribution is 0.300. The predicted molar refractivity (Wildman–Crippen MR) is 239 cm³/mol. The van der Waals surface area contributed by atoms with Crippen molar-refractivity contribution >= 4 is 67.8 Å². The van der Waals surface area contributed by atoms with Crippen molar-refractivity contribution in [3.05, 3.63) is 177 Å². The minimum atomic E-state index is 0.350. The van der Waals surface area contributed by atoms with Crippen LogP contribution in [0.1, 0.15) is 39.2 Å². The highest BCUT2D eigenvalue weighted by atomic mass is 35.5. The van der Waals surface area contributed by atoms with E-state index in [1.54, 1.807) is 55.0 Å². The SMILES string of the molecule is Cc1ccc2ncc(C#N)cc2c1.Cc1cccnc1COc1ccc(N)c(Cl)c1.Cc1cccnc1COc1ccc(Nc2c(C#N)cnc3ccc(N)cc23)c(Cl)c1. The van der Waals surface area contributed by atoms with E-state index in [0.29, 0.717) is 68.6 Å². The molecule has 0 bridgehead atoms. The van der Waals surface area contributed by atoms with Gasteiger partial charge in [0.2, 0.25) is 0 Å². The summed E-state index contributed by atoms with van der Waals surface area (Å²) in [6.45, 7) is 6.79. The van der Waals surface area contributed by atoms with E-state index in [0.717, 1.165) is 44.3 Å². The summed E-state index contributed by atoms with van der Waals surface area (Å²) in [5.74, 6) is 1.31. The van der Waals surface area contributed by atoms with E-state index in [1.807, 2.05) is 87.5 Å². The van der Waals surface area contributed by atoms with Crippen LogP contribution in [0.5, 0.6) is 11.5 Å². The molecule has 4 heterocycles. The zero-order chi connectivity index (χ0) is 42.6. The number of anilines is 4. The molecule has 0 radical (unpaired) electrons. The van der Waals surface area contributed by atoms with Crippen LogP contribution in [0.3, 0.4) is 0 Å². The van der Waals surface area contributed by atoms with E-state index in [1.165, 1.54) is 11.8 Å². The Morgan fingerprint density at radius 1 is 0.650 bits per heavy atom. The third-order valence-electron chi connectivity index (χ3n) is 9.14. The molecule has 0 unspecified atom stereocenters. The van der Waals surface area contributed by atoms with Crippen molar-refractivity contribution < 1.29 is 9.47 Å². The second-order valence-electron chi connectivity index (χ2n) is 13.5. The second-order valence-corrected chi connectivity index (χ2v) is 14.3. The maximum Gasteiger partial charge on any atom is 0.130 e. The van der Waals surface area contributed by atoms with Crippen LogP contribution in [-0.4, -0.2) is 19.9 Å². The van der Waals surface area contributed by atoms with E-state index in [4.69, 9.17) is 49.4 Å². The minimum absolute atomic E-state index is 0.350. The van der Waals surface area contributed by atoms with Gasteiger partial charge in [-0.3, -0.25) is 19.9 Å². The van der Waals surface area contributed by atoms with Crippen molar-refractivity contribution in [1.82, 2.24) is 19.9 Å². The van der Waals surface area contributed by atoms with Gasteiger partial charge in [-0.25, -0.2) is 0 Å². The quantitative estimate of drug-likeness (QED) is 0.124. The predicted octanol–water partition coefficient (Wildman–Crippen LogP) is 11.0. The molecule has 0 amide bonds. The van der Waals surface area contributed by atoms with Gasteiger partial charge in [0.1, 0.15) is 36.9 Å². The number of nitriles is 2. The number of fused-ring (bicyclic) bond motifs is 2. The average molecular weight is 833 g/mol. The molecular formula is C47H39Cl2N9O2. The van der Waals surface area contributed by atoms with E-state index in [9.17, 15) is 5.26 Å². The number of nitrogen functional groups attached to an aromatic ring is 2. The lowest BCUT2D eigenvalue weighted by Crippen LogP contribution is -2.01. The van der Waals surface area contributed by atoms with Crippen LogP contribution >= 0.6 is 23.2 Å². The number of aryl methyl sites for hydroxylation is 3. The molecule has 5 N–H and O–H groups in total. The van der Waals surface area contributed by atoms with E-state index in [2.05, 4.69) is 37.4 Å². The Morgan fingerprint density at radius 3 is 1.90 bits per heavy atom. The number of ether oxygens (including phenoxy) is 2. The van der Waals surface area contributed by atoms with Crippen molar-refractivity contribution in [2.75, 3.05) is 16.8 Å². The zero-order valence-corrected chi connectivity index (χ0v) is 34.5. The Bertz CT molecular complexity index is 2890. The summed E-state index contributed by atoms with van der Waals surface area (Å²) in [6.07, 6.45) is 6.62. The normalized spacial score (nSPS) is 10.3. The van der Waals surface area contributed by atoms with Crippen LogP contribution in [0.25, 0.3) is 21.8 Å². The third kappa shape index (κ3) is 10.9. The van der Waals surface area contributed by atoms with Crippen LogP contribution in [0, 0.1) is 43.4 Å². The van der Waals surface area contributed by atoms with E-state index >= 15 is 0 Å². The number of nitrogens with one attached hydrogen (secondary N) is 1. The molecule has 0 aliphatic rings. The maximum atomic E-state index is 9.52. The topological polar surface area (TPSA) is 182 Å². The molecule has 4 aromatic heterocycles. The standard InChI is InChI=1S/C23H18ClN5O.C13H13ClN2O.C11H8N2/c1-14-3-2-8-27-22(14)13-30-17-5-7-21(19(24)10-17)29-23-15(11-25)12-28-20-6-4-16(26)9-18(20)23;1-9-3-2-6-16-13(9)8-17-10-4-5-12(15)11(14)7-10;1-8-2-3-11-10(4-8)5-9(6-12)7-13-11/h2-10,12H,13,26H2,1H3,(H,28,29);2-7H,8,15H2,1H3;2-5,7H,1H3. The maximum absolute atomic E-state index is 9.52. The molecule has 13 heteroatoms. The summed E-state index contributed by atoms with van der Waals surface area (Å²) in [7, 11) is 0. The van der Waals surface area contributed by atoms with Crippen LogP contribution in [0.2, 0.25) is 10.0 Å². The number of rotatable bonds is 8. The molecule has 0 aliphatic carbocycles. The van der Waals surface area contributed by atoms with Gasteiger partial charge in [-0.15, -0.1) is 0 Å². The highest BCUT2D eigenvalue weighted by molar-refractivity contribution is 6.33. The molecule has 0 atom stereocenters. The van der Waals surface area contributed by atoms with Gasteiger partial charge >= 0.3 is 0 Å². The fourth-order valence-corrected chi connectivity index (χ4v) is 6.19. The summed E-state index contributed by atoms with van der Waals surface area (Å²) in [4.78, 5) is 17.1. The first-order valence-electron chi connectivity index (χ1n) is 18.5. The number of pyridine rings is 4. The van der Waals surface area contributed by atoms with Crippen molar-refractivity contribution in [1.29, 1.82) is 10.5 Å². The molecule has 0 fully saturated rings. The van der Waals surface area contributed by atoms with Crippen molar-refractivity contribution in [3.8, 4) is 23.6 Å². The summed E-state index contributed by atoms with van der Waals surface area (Å²) in [5, 5.41) is 24.2. The number of hydrogen-bond donors (Lipinski definition) is 3. The monoisotopic (exact) mass is 831 g/mol. The first-order valence-corrected chi connectivity index (χ1v) is 19.3. The molecule has 8 rings (SSSR count). The molecule has 0 saturated carbocycles. The summed E-state index contributed by atoms with van der Waals surface area (Å²) in [5.41, 5.74) is 21.8. The summed E-state index contributed by atoms with van der Waals surface area (Å²) < 4.78 is 11.4. The average Bonchev–Trinajstić information content (AvgIpc) is 3.25. The Kier molecular flexibility index (Phi) is 13.9. The summed E-state index contributed by atoms with van der Waals surface area (Å²) in [6, 6.07) is 35.8. The number of halogens is 2. The molecule has 4 aromatic carbocycles. The Morgan fingerprint density at radius 2 is 1.28 bits per heavy atom. The van der Waals surface area contributed by atoms with Gasteiger partial charge in [-0.1, -0.05) is 47.0 Å². The van der Waals surface area contributed by atoms with E-state index in [-0.39, 0.29) is 0 Å². The zero-order valence-electron chi connectivity index (χ0n) is 32.9. The van der Waals surface area contributed by atoms with Crippen molar-refractivity contribution in [3.63, 3.8) is 0 Å². The fourth-order valence-electron chi connectivity index (χ4n) is 5.80. The highest BCUT2D eigenvalue weighted by Crippen LogP contribution is 2.35. The Labute approximate surface area is 357 Å². The highest BCUT2D eigenvalue weighted by Gasteiger charge is 2.13. The van der Waals surface area contributed by atoms with Gasteiger partial charge in [0.05, 0.1) is 60.7 Å². The third-order valence-corrected chi connectivity index (χ3v) is 9.78. The molecule has 0 saturated heterocycles. The molecule has 60 heavy (non-hydrogen) atoms. The van der Waals surface area contributed by atoms with Crippen LogP contribution in [0.4, 0.5) is 22.7 Å². The molecular weight excluding hydrogens is 793 g/mol. The van der Waals surface area contributed by atoms with Gasteiger partial charge in [0.25, 0.3) is 0 Å². The first-order chi connectivity index (χ1) is 29.0. The summed E-state index contributed by atoms with van der Waals surface area (Å²) >= 11 is 12.4. The largest absolute Gasteiger partial charge is 0.487 e. The molecule has 0 aliphatic heterocycles. The molecule has 0 spiro atoms. The van der Waals surface area contributed by atoms with Crippen LogP contribution < -0.4 is 26.3 Å². The fraction of sp³-hybridized carbons (Fsp3) is 0.106. The lowest BCUT2D eigenvalue weighted by atomic mass is 10.1. The lowest BCUT2D eigenvalue weighted by Gasteiger charge is -2.14. The van der Waals surface area contributed by atoms with Gasteiger partial charge in [0.15, 0.2) is 0 Å². The second kappa shape index (κ2) is 19.8. The number of aromatic nitrogens is 4. The molecule has 298 valence electrons.